The van der Waals surface area contributed by atoms with Crippen molar-refractivity contribution >= 4 is 29.6 Å². The minimum Gasteiger partial charge on any atom is -0.443 e. The lowest BCUT2D eigenvalue weighted by Gasteiger charge is -2.26. The number of urea groups is 1. The summed E-state index contributed by atoms with van der Waals surface area (Å²) >= 11 is 0. The quantitative estimate of drug-likeness (QED) is 0.510. The normalized spacial score (nSPS) is 13.3. The predicted molar refractivity (Wildman–Crippen MR) is 109 cm³/mol. The Morgan fingerprint density at radius 2 is 1.83 bits per heavy atom. The topological polar surface area (TPSA) is 131 Å². The summed E-state index contributed by atoms with van der Waals surface area (Å²) in [6, 6.07) is 3.64. The van der Waals surface area contributed by atoms with Crippen molar-refractivity contribution in [2.45, 2.75) is 32.8 Å². The smallest absolute Gasteiger partial charge is 0.418 e. The molecule has 30 heavy (non-hydrogen) atoms. The molecule has 0 fully saturated rings. The van der Waals surface area contributed by atoms with Gasteiger partial charge in [-0.25, -0.2) is 14.5 Å². The Morgan fingerprint density at radius 1 is 1.17 bits per heavy atom. The molecule has 0 aliphatic carbocycles. The molecule has 0 saturated heterocycles. The molecule has 3 N–H and O–H groups in total. The van der Waals surface area contributed by atoms with Crippen LogP contribution < -0.4 is 11.1 Å². The van der Waals surface area contributed by atoms with Gasteiger partial charge in [0.2, 0.25) is 0 Å². The van der Waals surface area contributed by atoms with E-state index in [-0.39, 0.29) is 42.4 Å². The fraction of sp³-hybridized carbons (Fsp3) is 0.500. The number of benzene rings is 1. The van der Waals surface area contributed by atoms with Gasteiger partial charge in [-0.05, 0) is 45.4 Å². The highest BCUT2D eigenvalue weighted by Crippen LogP contribution is 2.26. The molecule has 0 atom stereocenters. The molecule has 0 spiro atoms. The molecule has 1 heterocycles. The number of nitrogens with two attached hydrogens (primary N) is 1. The summed E-state index contributed by atoms with van der Waals surface area (Å²) in [7, 11) is 1.54. The molecule has 0 saturated carbocycles. The van der Waals surface area contributed by atoms with Crippen LogP contribution in [0, 0.1) is 0 Å². The number of anilines is 1. The van der Waals surface area contributed by atoms with E-state index in [9.17, 15) is 19.2 Å². The summed E-state index contributed by atoms with van der Waals surface area (Å²) in [6.45, 7) is 5.73. The fourth-order valence-corrected chi connectivity index (χ4v) is 2.85. The van der Waals surface area contributed by atoms with Gasteiger partial charge in [0.25, 0.3) is 11.8 Å². The molecular weight excluding hydrogens is 392 g/mol. The Balaban J connectivity index is 2.15. The minimum atomic E-state index is -0.831. The number of carbonyl (C=O) groups excluding carboxylic acids is 4. The number of ether oxygens (including phenoxy) is 2. The summed E-state index contributed by atoms with van der Waals surface area (Å²) in [5.41, 5.74) is 5.45. The third kappa shape index (κ3) is 5.55. The summed E-state index contributed by atoms with van der Waals surface area (Å²) in [4.78, 5) is 51.9. The number of hydrogen-bond acceptors (Lipinski definition) is 7. The van der Waals surface area contributed by atoms with E-state index in [1.54, 1.807) is 27.9 Å². The highest BCUT2D eigenvalue weighted by atomic mass is 16.6. The number of rotatable bonds is 7. The molecular formula is C20H28N4O6. The molecule has 1 aliphatic heterocycles. The molecule has 5 amide bonds. The maximum atomic E-state index is 12.6. The summed E-state index contributed by atoms with van der Waals surface area (Å²) in [6.07, 6.45) is -0.308. The van der Waals surface area contributed by atoms with Crippen molar-refractivity contribution < 1.29 is 28.7 Å². The van der Waals surface area contributed by atoms with Crippen LogP contribution in [0.1, 0.15) is 47.9 Å². The van der Waals surface area contributed by atoms with Gasteiger partial charge in [0.05, 0.1) is 11.1 Å². The largest absolute Gasteiger partial charge is 0.443 e. The van der Waals surface area contributed by atoms with Gasteiger partial charge in [-0.2, -0.15) is 0 Å². The molecule has 0 unspecified atom stereocenters. The number of imide groups is 2. The average molecular weight is 420 g/mol. The van der Waals surface area contributed by atoms with Gasteiger partial charge in [-0.3, -0.25) is 14.5 Å². The summed E-state index contributed by atoms with van der Waals surface area (Å²) in [5.74, 6) is -0.823. The molecule has 1 aromatic rings. The van der Waals surface area contributed by atoms with Crippen molar-refractivity contribution in [2.24, 2.45) is 5.73 Å². The van der Waals surface area contributed by atoms with E-state index in [1.165, 1.54) is 18.2 Å². The molecule has 10 nitrogen and oxygen atoms in total. The van der Waals surface area contributed by atoms with Crippen molar-refractivity contribution in [3.05, 3.63) is 29.3 Å². The second-order valence-electron chi connectivity index (χ2n) is 7.72. The Kier molecular flexibility index (Phi) is 7.52. The SMILES string of the molecule is COCCCN1C(=O)c2ccc(NC(=O)N(CCN)C(=O)OC(C)(C)C)cc2C1=O. The van der Waals surface area contributed by atoms with E-state index in [1.807, 2.05) is 0 Å². The highest BCUT2D eigenvalue weighted by molar-refractivity contribution is 6.21. The molecule has 10 heteroatoms. The van der Waals surface area contributed by atoms with Crippen molar-refractivity contribution in [2.75, 3.05) is 38.7 Å². The monoisotopic (exact) mass is 420 g/mol. The second kappa shape index (κ2) is 9.68. The van der Waals surface area contributed by atoms with E-state index in [2.05, 4.69) is 5.32 Å². The van der Waals surface area contributed by atoms with E-state index in [0.29, 0.717) is 13.0 Å². The van der Waals surface area contributed by atoms with Crippen molar-refractivity contribution in [3.63, 3.8) is 0 Å². The lowest BCUT2D eigenvalue weighted by atomic mass is 10.1. The van der Waals surface area contributed by atoms with Crippen LogP contribution in [0.5, 0.6) is 0 Å². The summed E-state index contributed by atoms with van der Waals surface area (Å²) in [5, 5.41) is 2.55. The molecule has 0 aromatic heterocycles. The van der Waals surface area contributed by atoms with Crippen LogP contribution in [0.4, 0.5) is 15.3 Å². The van der Waals surface area contributed by atoms with Crippen LogP contribution in [0.15, 0.2) is 18.2 Å². The third-order valence-corrected chi connectivity index (χ3v) is 4.16. The second-order valence-corrected chi connectivity index (χ2v) is 7.72. The van der Waals surface area contributed by atoms with Crippen LogP contribution in [0.2, 0.25) is 0 Å². The van der Waals surface area contributed by atoms with Crippen molar-refractivity contribution in [1.82, 2.24) is 9.80 Å². The van der Waals surface area contributed by atoms with Crippen LogP contribution in [0.25, 0.3) is 0 Å². The van der Waals surface area contributed by atoms with Gasteiger partial charge in [0.1, 0.15) is 5.60 Å². The standard InChI is InChI=1S/C20H28N4O6/c1-20(2,3)30-19(28)24(10-8-21)18(27)22-13-6-7-14-15(12-13)17(26)23(16(14)25)9-5-11-29-4/h6-7,12H,5,8-11,21H2,1-4H3,(H,22,27). The van der Waals surface area contributed by atoms with Gasteiger partial charge >= 0.3 is 12.1 Å². The molecule has 1 aliphatic rings. The zero-order valence-corrected chi connectivity index (χ0v) is 17.7. The first kappa shape index (κ1) is 23.3. The number of nitrogens with one attached hydrogen (secondary N) is 1. The van der Waals surface area contributed by atoms with Crippen molar-refractivity contribution in [3.8, 4) is 0 Å². The average Bonchev–Trinajstić information content (AvgIpc) is 2.89. The molecule has 0 radical (unpaired) electrons. The molecule has 1 aromatic carbocycles. The first-order valence-electron chi connectivity index (χ1n) is 9.59. The number of fused-ring (bicyclic) bond motifs is 1. The Morgan fingerprint density at radius 3 is 2.43 bits per heavy atom. The number of nitrogens with zero attached hydrogens (tertiary/aromatic N) is 2. The Hall–Kier alpha value is -2.98. The van der Waals surface area contributed by atoms with E-state index in [4.69, 9.17) is 15.2 Å². The molecule has 0 bridgehead atoms. The van der Waals surface area contributed by atoms with Crippen LogP contribution in [0.3, 0.4) is 0 Å². The lowest BCUT2D eigenvalue weighted by molar-refractivity contribution is 0.0336. The van der Waals surface area contributed by atoms with Gasteiger partial charge < -0.3 is 20.5 Å². The predicted octanol–water partition coefficient (Wildman–Crippen LogP) is 2.05. The van der Waals surface area contributed by atoms with Crippen LogP contribution in [-0.4, -0.2) is 72.7 Å². The first-order chi connectivity index (χ1) is 14.1. The van der Waals surface area contributed by atoms with E-state index in [0.717, 1.165) is 9.80 Å². The fourth-order valence-electron chi connectivity index (χ4n) is 2.85. The number of methoxy groups -OCH3 is 1. The van der Waals surface area contributed by atoms with Gasteiger partial charge in [-0.15, -0.1) is 0 Å². The number of amides is 5. The van der Waals surface area contributed by atoms with Crippen molar-refractivity contribution in [1.29, 1.82) is 0 Å². The zero-order valence-electron chi connectivity index (χ0n) is 17.7. The minimum absolute atomic E-state index is 0.0453. The maximum Gasteiger partial charge on any atom is 0.418 e. The molecule has 2 rings (SSSR count). The van der Waals surface area contributed by atoms with Gasteiger partial charge in [-0.1, -0.05) is 0 Å². The Bertz CT molecular complexity index is 833. The van der Waals surface area contributed by atoms with Gasteiger partial charge in [0, 0.05) is 39.0 Å². The first-order valence-corrected chi connectivity index (χ1v) is 9.59. The van der Waals surface area contributed by atoms with E-state index < -0.39 is 23.6 Å². The van der Waals surface area contributed by atoms with Crippen LogP contribution in [-0.2, 0) is 9.47 Å². The summed E-state index contributed by atoms with van der Waals surface area (Å²) < 4.78 is 10.2. The Labute approximate surface area is 175 Å². The zero-order chi connectivity index (χ0) is 22.5. The number of carbonyl (C=O) groups is 4. The van der Waals surface area contributed by atoms with Crippen LogP contribution >= 0.6 is 0 Å². The maximum absolute atomic E-state index is 12.6. The third-order valence-electron chi connectivity index (χ3n) is 4.16. The number of hydrogen-bond donors (Lipinski definition) is 2. The lowest BCUT2D eigenvalue weighted by Crippen LogP contribution is -2.45. The highest BCUT2D eigenvalue weighted by Gasteiger charge is 2.35. The molecule has 164 valence electrons. The van der Waals surface area contributed by atoms with E-state index >= 15 is 0 Å². The van der Waals surface area contributed by atoms with Gasteiger partial charge in [0.15, 0.2) is 0 Å².